The Labute approximate surface area is 190 Å². The Hall–Kier alpha value is -2.51. The van der Waals surface area contributed by atoms with E-state index in [0.29, 0.717) is 6.08 Å². The van der Waals surface area contributed by atoms with E-state index in [4.69, 9.17) is 0 Å². The minimum absolute atomic E-state index is 0.0475. The second kappa shape index (κ2) is 9.51. The van der Waals surface area contributed by atoms with Gasteiger partial charge in [0.2, 0.25) is 0 Å². The van der Waals surface area contributed by atoms with Crippen LogP contribution >= 0.6 is 0 Å². The van der Waals surface area contributed by atoms with Gasteiger partial charge in [0.15, 0.2) is 11.6 Å². The molecule has 0 saturated heterocycles. The maximum absolute atomic E-state index is 14.9. The Kier molecular flexibility index (Phi) is 7.80. The largest absolute Gasteiger partial charge is 0.462 e. The van der Waals surface area contributed by atoms with E-state index in [0.717, 1.165) is 6.07 Å². The van der Waals surface area contributed by atoms with Gasteiger partial charge in [-0.25, -0.2) is 4.39 Å². The number of rotatable bonds is 9. The van der Waals surface area contributed by atoms with Crippen LogP contribution in [0.5, 0.6) is 0 Å². The van der Waals surface area contributed by atoms with Gasteiger partial charge in [-0.1, -0.05) is 44.0 Å². The third kappa shape index (κ3) is 5.51. The summed E-state index contributed by atoms with van der Waals surface area (Å²) in [4.78, 5) is 25.1. The summed E-state index contributed by atoms with van der Waals surface area (Å²) in [6.45, 7) is 1.51. The van der Waals surface area contributed by atoms with E-state index >= 15 is 0 Å². The molecule has 1 aliphatic carbocycles. The lowest BCUT2D eigenvalue weighted by molar-refractivity contribution is -0.484. The molecule has 0 saturated carbocycles. The third-order valence-electron chi connectivity index (χ3n) is 5.28. The lowest BCUT2D eigenvalue weighted by Gasteiger charge is -2.37. The van der Waals surface area contributed by atoms with Gasteiger partial charge in [0.1, 0.15) is 0 Å². The third-order valence-corrected chi connectivity index (χ3v) is 5.28. The van der Waals surface area contributed by atoms with Crippen molar-refractivity contribution in [3.05, 3.63) is 47.0 Å². The Morgan fingerprint density at radius 3 is 1.86 bits per heavy atom. The number of carbonyl (C=O) groups is 2. The van der Waals surface area contributed by atoms with Crippen molar-refractivity contribution < 1.29 is 62.6 Å². The van der Waals surface area contributed by atoms with Crippen molar-refractivity contribution >= 4 is 11.6 Å². The normalized spacial score (nSPS) is 18.1. The van der Waals surface area contributed by atoms with Crippen molar-refractivity contribution in [1.29, 1.82) is 0 Å². The SMILES string of the molecule is CCCCC(CC(F)(OC(F)(F)C(F)(F)C(F)(F)F)C(F)(F)F)C1=CC(=O)c2ccccc2C1=O. The van der Waals surface area contributed by atoms with Crippen LogP contribution in [0.25, 0.3) is 0 Å². The molecule has 196 valence electrons. The van der Waals surface area contributed by atoms with Crippen molar-refractivity contribution in [3.8, 4) is 0 Å². The zero-order valence-corrected chi connectivity index (χ0v) is 17.7. The predicted octanol–water partition coefficient (Wildman–Crippen LogP) is 7.22. The zero-order chi connectivity index (χ0) is 27.0. The quantitative estimate of drug-likeness (QED) is 0.319. The molecule has 0 aliphatic heterocycles. The van der Waals surface area contributed by atoms with Crippen LogP contribution in [-0.4, -0.2) is 41.8 Å². The lowest BCUT2D eigenvalue weighted by Crippen LogP contribution is -2.59. The number of benzene rings is 1. The molecule has 2 atom stereocenters. The summed E-state index contributed by atoms with van der Waals surface area (Å²) >= 11 is 0. The smallest absolute Gasteiger partial charge is 0.289 e. The number of alkyl halides is 11. The molecule has 0 bridgehead atoms. The Morgan fingerprint density at radius 2 is 1.37 bits per heavy atom. The summed E-state index contributed by atoms with van der Waals surface area (Å²) in [7, 11) is 0. The number of allylic oxidation sites excluding steroid dienone is 2. The van der Waals surface area contributed by atoms with E-state index in [9.17, 15) is 57.9 Å². The summed E-state index contributed by atoms with van der Waals surface area (Å²) < 4.78 is 148. The Bertz CT molecular complexity index is 995. The van der Waals surface area contributed by atoms with E-state index < -0.39 is 66.1 Å². The highest BCUT2D eigenvalue weighted by atomic mass is 19.4. The van der Waals surface area contributed by atoms with E-state index in [1.165, 1.54) is 25.1 Å². The minimum atomic E-state index is -7.18. The van der Waals surface area contributed by atoms with Crippen molar-refractivity contribution in [2.45, 2.75) is 62.8 Å². The van der Waals surface area contributed by atoms with Crippen molar-refractivity contribution in [2.24, 2.45) is 5.92 Å². The van der Waals surface area contributed by atoms with Crippen LogP contribution in [0.15, 0.2) is 35.9 Å². The van der Waals surface area contributed by atoms with Gasteiger partial charge in [-0.2, -0.15) is 43.9 Å². The predicted molar refractivity (Wildman–Crippen MR) is 97.7 cm³/mol. The minimum Gasteiger partial charge on any atom is -0.289 e. The molecule has 1 aromatic carbocycles. The number of halogens is 11. The number of hydrogen-bond acceptors (Lipinski definition) is 3. The molecule has 14 heteroatoms. The number of ketones is 2. The molecule has 3 nitrogen and oxygen atoms in total. The molecule has 0 N–H and O–H groups in total. The summed E-state index contributed by atoms with van der Waals surface area (Å²) in [5, 5.41) is 0. The van der Waals surface area contributed by atoms with E-state index in [-0.39, 0.29) is 24.0 Å². The molecule has 0 spiro atoms. The summed E-state index contributed by atoms with van der Waals surface area (Å²) in [6, 6.07) is 5.00. The van der Waals surface area contributed by atoms with Gasteiger partial charge >= 0.3 is 30.2 Å². The molecule has 0 radical (unpaired) electrons. The molecule has 2 rings (SSSR count). The van der Waals surface area contributed by atoms with Gasteiger partial charge in [0.05, 0.1) is 0 Å². The van der Waals surface area contributed by atoms with E-state index in [2.05, 4.69) is 4.74 Å². The first-order chi connectivity index (χ1) is 15.8. The van der Waals surface area contributed by atoms with Crippen LogP contribution in [0.3, 0.4) is 0 Å². The van der Waals surface area contributed by atoms with E-state index in [1.807, 2.05) is 0 Å². The number of ether oxygens (including phenoxy) is 1. The molecular formula is C21H17F11O3. The summed E-state index contributed by atoms with van der Waals surface area (Å²) in [5.74, 6) is -16.9. The number of fused-ring (bicyclic) bond motifs is 1. The maximum Gasteiger partial charge on any atom is 0.462 e. The van der Waals surface area contributed by atoms with Crippen LogP contribution in [0.2, 0.25) is 0 Å². The van der Waals surface area contributed by atoms with Gasteiger partial charge < -0.3 is 0 Å². The monoisotopic (exact) mass is 526 g/mol. The first kappa shape index (κ1) is 28.7. The maximum atomic E-state index is 14.9. The van der Waals surface area contributed by atoms with Crippen LogP contribution < -0.4 is 0 Å². The molecule has 1 aliphatic rings. The zero-order valence-electron chi connectivity index (χ0n) is 17.7. The average Bonchev–Trinajstić information content (AvgIpc) is 2.71. The fourth-order valence-corrected chi connectivity index (χ4v) is 3.42. The average molecular weight is 526 g/mol. The topological polar surface area (TPSA) is 43.4 Å². The molecule has 1 aromatic rings. The fourth-order valence-electron chi connectivity index (χ4n) is 3.42. The van der Waals surface area contributed by atoms with Crippen LogP contribution in [0.1, 0.15) is 53.3 Å². The van der Waals surface area contributed by atoms with Crippen molar-refractivity contribution in [1.82, 2.24) is 0 Å². The molecule has 0 heterocycles. The molecule has 2 unspecified atom stereocenters. The Morgan fingerprint density at radius 1 is 0.829 bits per heavy atom. The second-order valence-corrected chi connectivity index (χ2v) is 7.80. The molecule has 0 aromatic heterocycles. The van der Waals surface area contributed by atoms with Crippen molar-refractivity contribution in [3.63, 3.8) is 0 Å². The first-order valence-electron chi connectivity index (χ1n) is 9.97. The molecule has 35 heavy (non-hydrogen) atoms. The standard InChI is InChI=1S/C21H17F11O3/c1-2-3-6-11(14-9-15(33)12-7-4-5-8-13(12)16(14)34)10-17(22,19(25,26)27)35-21(31,32)18(23,24)20(28,29)30/h4-5,7-9,11H,2-3,6,10H2,1H3. The van der Waals surface area contributed by atoms with Crippen LogP contribution in [-0.2, 0) is 4.74 Å². The summed E-state index contributed by atoms with van der Waals surface area (Å²) in [6.07, 6.45) is -22.7. The van der Waals surface area contributed by atoms with Gasteiger partial charge in [-0.15, -0.1) is 0 Å². The van der Waals surface area contributed by atoms with Gasteiger partial charge in [0, 0.05) is 23.1 Å². The highest BCUT2D eigenvalue weighted by molar-refractivity contribution is 6.24. The Balaban J connectivity index is 2.53. The number of hydrogen-bond donors (Lipinski definition) is 0. The van der Waals surface area contributed by atoms with Crippen LogP contribution in [0, 0.1) is 5.92 Å². The number of Topliss-reactive ketones (excluding diaryl/α,β-unsaturated/α-hetero) is 1. The van der Waals surface area contributed by atoms with Gasteiger partial charge in [-0.3, -0.25) is 14.3 Å². The first-order valence-corrected chi connectivity index (χ1v) is 9.97. The van der Waals surface area contributed by atoms with Crippen molar-refractivity contribution in [2.75, 3.05) is 0 Å². The number of carbonyl (C=O) groups excluding carboxylic acids is 2. The van der Waals surface area contributed by atoms with E-state index in [1.54, 1.807) is 0 Å². The molecular weight excluding hydrogens is 509 g/mol. The molecule has 0 amide bonds. The van der Waals surface area contributed by atoms with Gasteiger partial charge in [0.25, 0.3) is 0 Å². The molecule has 0 fully saturated rings. The van der Waals surface area contributed by atoms with Gasteiger partial charge in [-0.05, 0) is 18.4 Å². The fraction of sp³-hybridized carbons (Fsp3) is 0.524. The summed E-state index contributed by atoms with van der Waals surface area (Å²) in [5.41, 5.74) is -1.18. The number of unbranched alkanes of at least 4 members (excludes halogenated alkanes) is 1. The highest BCUT2D eigenvalue weighted by Crippen LogP contribution is 2.53. The lowest BCUT2D eigenvalue weighted by atomic mass is 9.78. The second-order valence-electron chi connectivity index (χ2n) is 7.80. The van der Waals surface area contributed by atoms with Crippen LogP contribution in [0.4, 0.5) is 48.3 Å². The highest BCUT2D eigenvalue weighted by Gasteiger charge is 2.78.